The van der Waals surface area contributed by atoms with Crippen LogP contribution in [0.1, 0.15) is 18.2 Å². The number of carbonyl (C=O) groups is 2. The van der Waals surface area contributed by atoms with Gasteiger partial charge in [-0.2, -0.15) is 0 Å². The number of amides is 1. The fraction of sp³-hybridized carbons (Fsp3) is 0.312. The Morgan fingerprint density at radius 3 is 2.70 bits per heavy atom. The molecule has 0 aliphatic carbocycles. The van der Waals surface area contributed by atoms with E-state index < -0.39 is 12.0 Å². The molecule has 0 aliphatic rings. The predicted octanol–water partition coefficient (Wildman–Crippen LogP) is 1.84. The minimum atomic E-state index is -1.03. The van der Waals surface area contributed by atoms with E-state index in [0.29, 0.717) is 5.75 Å². The molecule has 0 fully saturated rings. The third-order valence-electron chi connectivity index (χ3n) is 3.31. The standard InChI is InChI=1S/C16H19N3O3S/c1-11(23-9-13-8-17-10-18-13)15(20)19-14(16(21)22)7-12-5-3-2-4-6-12/h2-6,8,10-11,14H,7,9H2,1H3,(H,17,18)(H,19,20)(H,21,22)/t11?,14-/m0/s1. The van der Waals surface area contributed by atoms with E-state index in [1.165, 1.54) is 11.8 Å². The van der Waals surface area contributed by atoms with Crippen LogP contribution in [0.2, 0.25) is 0 Å². The Balaban J connectivity index is 1.88. The summed E-state index contributed by atoms with van der Waals surface area (Å²) in [6.45, 7) is 1.76. The lowest BCUT2D eigenvalue weighted by Crippen LogP contribution is -2.45. The molecular weight excluding hydrogens is 314 g/mol. The Hall–Kier alpha value is -2.28. The van der Waals surface area contributed by atoms with Crippen LogP contribution in [0.3, 0.4) is 0 Å². The molecule has 0 aliphatic heterocycles. The number of nitrogens with zero attached hydrogens (tertiary/aromatic N) is 1. The molecule has 1 aromatic carbocycles. The molecule has 0 saturated carbocycles. The Morgan fingerprint density at radius 1 is 1.35 bits per heavy atom. The van der Waals surface area contributed by atoms with Gasteiger partial charge in [-0.15, -0.1) is 11.8 Å². The summed E-state index contributed by atoms with van der Waals surface area (Å²) in [7, 11) is 0. The number of rotatable bonds is 8. The van der Waals surface area contributed by atoms with Crippen molar-refractivity contribution >= 4 is 23.6 Å². The number of hydrogen-bond donors (Lipinski definition) is 3. The summed E-state index contributed by atoms with van der Waals surface area (Å²) in [5, 5.41) is 11.6. The summed E-state index contributed by atoms with van der Waals surface area (Å²) in [5.41, 5.74) is 1.80. The molecule has 6 nitrogen and oxygen atoms in total. The number of aromatic amines is 1. The van der Waals surface area contributed by atoms with Gasteiger partial charge in [-0.1, -0.05) is 30.3 Å². The highest BCUT2D eigenvalue weighted by atomic mass is 32.2. The third-order valence-corrected chi connectivity index (χ3v) is 4.50. The number of H-pyrrole nitrogens is 1. The summed E-state index contributed by atoms with van der Waals surface area (Å²) in [6.07, 6.45) is 3.55. The quantitative estimate of drug-likeness (QED) is 0.685. The van der Waals surface area contributed by atoms with Gasteiger partial charge >= 0.3 is 5.97 Å². The molecule has 1 amide bonds. The van der Waals surface area contributed by atoms with Crippen molar-refractivity contribution in [3.8, 4) is 0 Å². The zero-order valence-electron chi connectivity index (χ0n) is 12.7. The molecular formula is C16H19N3O3S. The van der Waals surface area contributed by atoms with Gasteiger partial charge in [0, 0.05) is 24.1 Å². The lowest BCUT2D eigenvalue weighted by atomic mass is 10.1. The fourth-order valence-electron chi connectivity index (χ4n) is 1.99. The molecule has 0 radical (unpaired) electrons. The normalized spacial score (nSPS) is 13.3. The van der Waals surface area contributed by atoms with Crippen LogP contribution in [-0.2, 0) is 21.8 Å². The minimum Gasteiger partial charge on any atom is -0.480 e. The predicted molar refractivity (Wildman–Crippen MR) is 89.1 cm³/mol. The van der Waals surface area contributed by atoms with Gasteiger partial charge in [0.05, 0.1) is 11.6 Å². The highest BCUT2D eigenvalue weighted by Gasteiger charge is 2.23. The Kier molecular flexibility index (Phi) is 6.22. The molecule has 122 valence electrons. The molecule has 0 spiro atoms. The Bertz CT molecular complexity index is 631. The third kappa shape index (κ3) is 5.45. The van der Waals surface area contributed by atoms with Gasteiger partial charge in [-0.25, -0.2) is 9.78 Å². The van der Waals surface area contributed by atoms with E-state index in [2.05, 4.69) is 15.3 Å². The molecule has 2 rings (SSSR count). The number of carboxylic acid groups (broad SMARTS) is 1. The van der Waals surface area contributed by atoms with Crippen molar-refractivity contribution in [2.75, 3.05) is 0 Å². The Labute approximate surface area is 138 Å². The first-order valence-corrected chi connectivity index (χ1v) is 8.27. The van der Waals surface area contributed by atoms with Gasteiger partial charge in [0.1, 0.15) is 6.04 Å². The molecule has 2 atom stereocenters. The fourth-order valence-corrected chi connectivity index (χ4v) is 2.80. The van der Waals surface area contributed by atoms with Crippen LogP contribution in [0.25, 0.3) is 0 Å². The monoisotopic (exact) mass is 333 g/mol. The number of imidazole rings is 1. The zero-order valence-corrected chi connectivity index (χ0v) is 13.5. The first-order chi connectivity index (χ1) is 11.1. The largest absolute Gasteiger partial charge is 0.480 e. The van der Waals surface area contributed by atoms with Crippen LogP contribution in [-0.4, -0.2) is 38.2 Å². The van der Waals surface area contributed by atoms with Crippen LogP contribution >= 0.6 is 11.8 Å². The van der Waals surface area contributed by atoms with Gasteiger partial charge in [0.2, 0.25) is 5.91 Å². The summed E-state index contributed by atoms with van der Waals surface area (Å²) in [6, 6.07) is 8.32. The second-order valence-corrected chi connectivity index (χ2v) is 6.45. The van der Waals surface area contributed by atoms with E-state index in [-0.39, 0.29) is 17.6 Å². The molecule has 1 heterocycles. The number of aliphatic carboxylic acids is 1. The van der Waals surface area contributed by atoms with Gasteiger partial charge in [0.25, 0.3) is 0 Å². The number of aromatic nitrogens is 2. The molecule has 23 heavy (non-hydrogen) atoms. The molecule has 0 saturated heterocycles. The van der Waals surface area contributed by atoms with Gasteiger partial charge in [0.15, 0.2) is 0 Å². The van der Waals surface area contributed by atoms with E-state index >= 15 is 0 Å². The minimum absolute atomic E-state index is 0.264. The van der Waals surface area contributed by atoms with Gasteiger partial charge in [-0.05, 0) is 12.5 Å². The highest BCUT2D eigenvalue weighted by molar-refractivity contribution is 7.99. The number of hydrogen-bond acceptors (Lipinski definition) is 4. The van der Waals surface area contributed by atoms with Crippen molar-refractivity contribution < 1.29 is 14.7 Å². The van der Waals surface area contributed by atoms with E-state index in [0.717, 1.165) is 11.3 Å². The Morgan fingerprint density at radius 2 is 2.09 bits per heavy atom. The van der Waals surface area contributed by atoms with Crippen LogP contribution in [0, 0.1) is 0 Å². The summed E-state index contributed by atoms with van der Waals surface area (Å²) in [5.74, 6) is -0.698. The van der Waals surface area contributed by atoms with E-state index in [9.17, 15) is 14.7 Å². The van der Waals surface area contributed by atoms with Crippen LogP contribution in [0.4, 0.5) is 0 Å². The van der Waals surface area contributed by atoms with Crippen molar-refractivity contribution in [3.05, 3.63) is 54.1 Å². The highest BCUT2D eigenvalue weighted by Crippen LogP contribution is 2.16. The van der Waals surface area contributed by atoms with E-state index in [1.54, 1.807) is 19.4 Å². The van der Waals surface area contributed by atoms with Crippen LogP contribution in [0.15, 0.2) is 42.9 Å². The maximum Gasteiger partial charge on any atom is 0.326 e. The average molecular weight is 333 g/mol. The van der Waals surface area contributed by atoms with Crippen molar-refractivity contribution in [2.24, 2.45) is 0 Å². The number of carbonyl (C=O) groups excluding carboxylic acids is 1. The van der Waals surface area contributed by atoms with Crippen molar-refractivity contribution in [1.29, 1.82) is 0 Å². The second kappa shape index (κ2) is 8.38. The van der Waals surface area contributed by atoms with Crippen molar-refractivity contribution in [1.82, 2.24) is 15.3 Å². The first-order valence-electron chi connectivity index (χ1n) is 7.22. The molecule has 2 aromatic rings. The van der Waals surface area contributed by atoms with E-state index in [1.807, 2.05) is 30.3 Å². The molecule has 0 bridgehead atoms. The lowest BCUT2D eigenvalue weighted by Gasteiger charge is -2.17. The summed E-state index contributed by atoms with van der Waals surface area (Å²) < 4.78 is 0. The first kappa shape index (κ1) is 17.1. The smallest absolute Gasteiger partial charge is 0.326 e. The average Bonchev–Trinajstić information content (AvgIpc) is 3.06. The lowest BCUT2D eigenvalue weighted by molar-refractivity contribution is -0.141. The summed E-state index contributed by atoms with van der Waals surface area (Å²) in [4.78, 5) is 30.4. The van der Waals surface area contributed by atoms with E-state index in [4.69, 9.17) is 0 Å². The number of carboxylic acids is 1. The maximum absolute atomic E-state index is 12.2. The molecule has 3 N–H and O–H groups in total. The SMILES string of the molecule is CC(SCc1cnc[nH]1)C(=O)N[C@@H](Cc1ccccc1)C(=O)O. The zero-order chi connectivity index (χ0) is 16.7. The van der Waals surface area contributed by atoms with Crippen molar-refractivity contribution in [2.45, 2.75) is 30.4 Å². The van der Waals surface area contributed by atoms with Crippen LogP contribution in [0.5, 0.6) is 0 Å². The molecule has 1 aromatic heterocycles. The van der Waals surface area contributed by atoms with Gasteiger partial charge in [-0.3, -0.25) is 4.79 Å². The number of benzene rings is 1. The number of thioether (sulfide) groups is 1. The van der Waals surface area contributed by atoms with Crippen LogP contribution < -0.4 is 5.32 Å². The number of nitrogens with one attached hydrogen (secondary N) is 2. The second-order valence-electron chi connectivity index (χ2n) is 5.12. The topological polar surface area (TPSA) is 95.1 Å². The summed E-state index contributed by atoms with van der Waals surface area (Å²) >= 11 is 1.43. The van der Waals surface area contributed by atoms with Crippen molar-refractivity contribution in [3.63, 3.8) is 0 Å². The molecule has 1 unspecified atom stereocenters. The van der Waals surface area contributed by atoms with Gasteiger partial charge < -0.3 is 15.4 Å². The molecule has 7 heteroatoms. The maximum atomic E-state index is 12.2.